The van der Waals surface area contributed by atoms with Crippen LogP contribution in [0.2, 0.25) is 0 Å². The van der Waals surface area contributed by atoms with Crippen molar-refractivity contribution in [3.63, 3.8) is 0 Å². The Morgan fingerprint density at radius 1 is 0.309 bits per heavy atom. The van der Waals surface area contributed by atoms with Crippen molar-refractivity contribution in [3.8, 4) is 0 Å². The fraction of sp³-hybridized carbons (Fsp3) is 0.138. The van der Waals surface area contributed by atoms with Gasteiger partial charge in [0.2, 0.25) is 0 Å². The van der Waals surface area contributed by atoms with Crippen molar-refractivity contribution in [2.45, 2.75) is 53.9 Å². The minimum atomic E-state index is -4.45. The fourth-order valence-corrected chi connectivity index (χ4v) is 9.56. The summed E-state index contributed by atoms with van der Waals surface area (Å²) in [4.78, 5) is 3.96. The second-order valence-electron chi connectivity index (χ2n) is 18.0. The third-order valence-electron chi connectivity index (χ3n) is 13.7. The van der Waals surface area contributed by atoms with E-state index >= 15 is 0 Å². The number of aryl methyl sites for hydroxylation is 4. The second-order valence-corrected chi connectivity index (χ2v) is 18.0. The smallest absolute Gasteiger partial charge is 0.416 e. The van der Waals surface area contributed by atoms with Crippen molar-refractivity contribution in [1.82, 2.24) is 0 Å². The third kappa shape index (κ3) is 7.26. The van der Waals surface area contributed by atoms with Gasteiger partial charge in [-0.25, -0.2) is 0 Å². The van der Waals surface area contributed by atoms with Gasteiger partial charge in [-0.15, -0.1) is 0 Å². The van der Waals surface area contributed by atoms with Gasteiger partial charge in [-0.05, 0) is 230 Å². The molecule has 0 radical (unpaired) electrons. The van der Waals surface area contributed by atoms with Crippen molar-refractivity contribution < 1.29 is 35.2 Å². The lowest BCUT2D eigenvalue weighted by molar-refractivity contribution is -0.138. The van der Waals surface area contributed by atoms with Gasteiger partial charge in [0, 0.05) is 55.7 Å². The molecule has 0 saturated heterocycles. The summed E-state index contributed by atoms with van der Waals surface area (Å²) < 4.78 is 94.9. The van der Waals surface area contributed by atoms with E-state index in [0.717, 1.165) is 123 Å². The number of alkyl halides is 6. The Bertz CT molecular complexity index is 3540. The van der Waals surface area contributed by atoms with E-state index < -0.39 is 23.5 Å². The van der Waals surface area contributed by atoms with E-state index in [2.05, 4.69) is 50.2 Å². The zero-order valence-corrected chi connectivity index (χ0v) is 37.8. The van der Waals surface area contributed by atoms with Crippen molar-refractivity contribution in [2.75, 3.05) is 9.80 Å². The largest absolute Gasteiger partial charge is 0.456 e. The Kier molecular flexibility index (Phi) is 9.72. The number of anilines is 6. The van der Waals surface area contributed by atoms with Gasteiger partial charge in [0.1, 0.15) is 22.3 Å². The molecule has 4 nitrogen and oxygen atoms in total. The lowest BCUT2D eigenvalue weighted by Crippen LogP contribution is -2.12. The summed E-state index contributed by atoms with van der Waals surface area (Å²) in [6.45, 7) is 12.3. The van der Waals surface area contributed by atoms with Gasteiger partial charge in [0.25, 0.3) is 0 Å². The van der Waals surface area contributed by atoms with Crippen molar-refractivity contribution in [2.24, 2.45) is 0 Å². The second kappa shape index (κ2) is 15.4. The van der Waals surface area contributed by atoms with Gasteiger partial charge < -0.3 is 18.6 Å². The average Bonchev–Trinajstić information content (AvgIpc) is 3.82. The lowest BCUT2D eigenvalue weighted by atomic mass is 10.0. The molecule has 68 heavy (non-hydrogen) atoms. The molecule has 0 spiro atoms. The SMILES string of the molecule is Cc1cc(N(c2ccc(C(F)(F)F)cc2)c2ccc3cc4c(cc3c2)oc2cc3c(cc24)oc2cc4cc(N(c5ccc(C(F)(F)F)cc5)c5cc(C)c(C)c(C)c5)ccc4cc23)cc(C)c1C. The van der Waals surface area contributed by atoms with Crippen molar-refractivity contribution in [1.29, 1.82) is 0 Å². The molecule has 9 aromatic carbocycles. The monoisotopic (exact) mass is 912 g/mol. The van der Waals surface area contributed by atoms with Crippen LogP contribution in [-0.4, -0.2) is 0 Å². The summed E-state index contributed by atoms with van der Waals surface area (Å²) in [6.07, 6.45) is -8.91. The van der Waals surface area contributed by atoms with Crippen molar-refractivity contribution in [3.05, 3.63) is 190 Å². The molecule has 2 aromatic heterocycles. The van der Waals surface area contributed by atoms with Crippen molar-refractivity contribution >= 4 is 99.5 Å². The maximum atomic E-state index is 13.6. The van der Waals surface area contributed by atoms with E-state index in [4.69, 9.17) is 8.83 Å². The molecule has 0 aliphatic rings. The summed E-state index contributed by atoms with van der Waals surface area (Å²) >= 11 is 0. The minimum Gasteiger partial charge on any atom is -0.456 e. The highest BCUT2D eigenvalue weighted by molar-refractivity contribution is 6.18. The third-order valence-corrected chi connectivity index (χ3v) is 13.7. The number of benzene rings is 9. The summed E-state index contributed by atoms with van der Waals surface area (Å²) in [5.41, 5.74) is 12.4. The molecular formula is C58H42F6N2O2. The first-order valence-corrected chi connectivity index (χ1v) is 22.2. The molecule has 11 rings (SSSR count). The van der Waals surface area contributed by atoms with Gasteiger partial charge in [0.15, 0.2) is 0 Å². The van der Waals surface area contributed by atoms with Crippen LogP contribution in [0.15, 0.2) is 154 Å². The first-order valence-electron chi connectivity index (χ1n) is 22.2. The Balaban J connectivity index is 0.989. The molecule has 0 atom stereocenters. The predicted octanol–water partition coefficient (Wildman–Crippen LogP) is 18.6. The molecule has 11 aromatic rings. The van der Waals surface area contributed by atoms with Gasteiger partial charge in [-0.2, -0.15) is 26.3 Å². The highest BCUT2D eigenvalue weighted by Crippen LogP contribution is 2.44. The Hall–Kier alpha value is -7.72. The molecule has 0 aliphatic heterocycles. The predicted molar refractivity (Wildman–Crippen MR) is 264 cm³/mol. The molecule has 0 saturated carbocycles. The van der Waals surface area contributed by atoms with E-state index in [0.29, 0.717) is 33.7 Å². The maximum Gasteiger partial charge on any atom is 0.416 e. The minimum absolute atomic E-state index is 0.598. The molecule has 10 heteroatoms. The molecule has 0 fully saturated rings. The number of furan rings is 2. The number of nitrogens with zero attached hydrogens (tertiary/aromatic N) is 2. The molecule has 0 aliphatic carbocycles. The van der Waals surface area contributed by atoms with Crippen LogP contribution in [0, 0.1) is 41.5 Å². The van der Waals surface area contributed by atoms with Crippen LogP contribution in [0.1, 0.15) is 44.5 Å². The van der Waals surface area contributed by atoms with Gasteiger partial charge in [-0.3, -0.25) is 0 Å². The molecule has 0 bridgehead atoms. The van der Waals surface area contributed by atoms with E-state index in [-0.39, 0.29) is 0 Å². The van der Waals surface area contributed by atoms with E-state index in [1.807, 2.05) is 98.2 Å². The van der Waals surface area contributed by atoms with Crippen LogP contribution >= 0.6 is 0 Å². The number of halogens is 6. The summed E-state index contributed by atoms with van der Waals surface area (Å²) in [7, 11) is 0. The number of rotatable bonds is 6. The highest BCUT2D eigenvalue weighted by Gasteiger charge is 2.32. The van der Waals surface area contributed by atoms with Crippen LogP contribution in [-0.2, 0) is 12.4 Å². The van der Waals surface area contributed by atoms with Crippen LogP contribution in [0.25, 0.3) is 65.4 Å². The van der Waals surface area contributed by atoms with E-state index in [9.17, 15) is 26.3 Å². The molecule has 0 unspecified atom stereocenters. The summed E-state index contributed by atoms with van der Waals surface area (Å²) in [6, 6.07) is 43.0. The topological polar surface area (TPSA) is 32.8 Å². The normalized spacial score (nSPS) is 12.4. The molecule has 0 N–H and O–H groups in total. The zero-order valence-electron chi connectivity index (χ0n) is 37.8. The molecule has 338 valence electrons. The number of fused-ring (bicyclic) bond motifs is 8. The number of hydrogen-bond acceptors (Lipinski definition) is 4. The summed E-state index contributed by atoms with van der Waals surface area (Å²) in [5, 5.41) is 7.31. The van der Waals surface area contributed by atoms with E-state index in [1.54, 1.807) is 0 Å². The Morgan fingerprint density at radius 3 is 0.956 bits per heavy atom. The summed E-state index contributed by atoms with van der Waals surface area (Å²) in [5.74, 6) is 0. The zero-order chi connectivity index (χ0) is 47.6. The first kappa shape index (κ1) is 42.9. The van der Waals surface area contributed by atoms with Gasteiger partial charge in [0.05, 0.1) is 11.1 Å². The molecular weight excluding hydrogens is 871 g/mol. The van der Waals surface area contributed by atoms with Crippen LogP contribution in [0.3, 0.4) is 0 Å². The fourth-order valence-electron chi connectivity index (χ4n) is 9.56. The highest BCUT2D eigenvalue weighted by atomic mass is 19.4. The lowest BCUT2D eigenvalue weighted by Gasteiger charge is -2.27. The molecule has 2 heterocycles. The maximum absolute atomic E-state index is 13.6. The first-order chi connectivity index (χ1) is 32.4. The Labute approximate surface area is 387 Å². The van der Waals surface area contributed by atoms with Crippen LogP contribution in [0.4, 0.5) is 60.5 Å². The average molecular weight is 913 g/mol. The van der Waals surface area contributed by atoms with Crippen LogP contribution < -0.4 is 9.80 Å². The van der Waals surface area contributed by atoms with Gasteiger partial charge in [-0.1, -0.05) is 12.1 Å². The standard InChI is InChI=1S/C58H42F6N2O2/c1-31-19-47(20-32(2)35(31)5)65(43-15-9-41(10-16-43)57(59,60)61)45-13-7-37-25-49-51-29-56-52(30-55(51)67-53(49)27-39(37)23-45)50-26-38-8-14-46(24-40(38)28-54(50)68-56)66(48-21-33(3)36(6)34(4)22-48)44-17-11-42(12-18-44)58(62,63)64/h7-30H,1-6H3. The van der Waals surface area contributed by atoms with Gasteiger partial charge >= 0.3 is 12.4 Å². The van der Waals surface area contributed by atoms with E-state index in [1.165, 1.54) is 24.3 Å². The molecule has 0 amide bonds. The number of hydrogen-bond donors (Lipinski definition) is 0. The quantitative estimate of drug-likeness (QED) is 0.156. The van der Waals surface area contributed by atoms with Crippen LogP contribution in [0.5, 0.6) is 0 Å². The Morgan fingerprint density at radius 2 is 0.618 bits per heavy atom.